The van der Waals surface area contributed by atoms with Crippen LogP contribution in [0.4, 0.5) is 0 Å². The molecule has 1 saturated heterocycles. The van der Waals surface area contributed by atoms with Crippen molar-refractivity contribution < 1.29 is 4.79 Å². The Morgan fingerprint density at radius 3 is 2.82 bits per heavy atom. The molecule has 0 saturated carbocycles. The van der Waals surface area contributed by atoms with E-state index in [1.165, 1.54) is 18.4 Å². The van der Waals surface area contributed by atoms with Gasteiger partial charge in [-0.3, -0.25) is 4.79 Å². The molecule has 5 rings (SSSR count). The van der Waals surface area contributed by atoms with Gasteiger partial charge in [0.1, 0.15) is 5.65 Å². The van der Waals surface area contributed by atoms with Crippen LogP contribution in [0, 0.1) is 12.8 Å². The predicted octanol–water partition coefficient (Wildman–Crippen LogP) is 3.63. The third-order valence-electron chi connectivity index (χ3n) is 5.96. The first kappa shape index (κ1) is 17.8. The monoisotopic (exact) mass is 392 g/mol. The van der Waals surface area contributed by atoms with Crippen LogP contribution < -0.4 is 0 Å². The lowest BCUT2D eigenvalue weighted by atomic mass is 9.88. The molecule has 0 bridgehead atoms. The number of piperidine rings is 1. The topological polar surface area (TPSA) is 40.9 Å². The van der Waals surface area contributed by atoms with Crippen molar-refractivity contribution in [1.82, 2.24) is 19.2 Å². The maximum absolute atomic E-state index is 12.9. The summed E-state index contributed by atoms with van der Waals surface area (Å²) in [7, 11) is 2.73. The van der Waals surface area contributed by atoms with Crippen molar-refractivity contribution in [3.05, 3.63) is 65.8 Å². The second-order valence-electron chi connectivity index (χ2n) is 8.02. The second kappa shape index (κ2) is 6.98. The van der Waals surface area contributed by atoms with Crippen molar-refractivity contribution in [2.75, 3.05) is 20.1 Å². The standard InChI is InChI=1S/C22H25N4OP/c1-15-12-25-13-18(3-5-20(25)23-15)19-11-21(27)26-14-17(4-6-22(26)28-19)16-7-9-24(2)10-8-16/h3-6,11-14,16,22,28H,7-10H2,1-2H3. The van der Waals surface area contributed by atoms with Gasteiger partial charge >= 0.3 is 0 Å². The number of hydrogen-bond donors (Lipinski definition) is 0. The third kappa shape index (κ3) is 3.23. The fraction of sp³-hybridized carbons (Fsp3) is 0.364. The van der Waals surface area contributed by atoms with E-state index in [0.717, 1.165) is 35.3 Å². The molecule has 0 aromatic carbocycles. The minimum absolute atomic E-state index is 0.0930. The number of carbonyl (C=O) groups excluding carboxylic acids is 1. The van der Waals surface area contributed by atoms with Gasteiger partial charge in [0.25, 0.3) is 5.91 Å². The number of hydrogen-bond acceptors (Lipinski definition) is 3. The molecule has 0 N–H and O–H groups in total. The van der Waals surface area contributed by atoms with Crippen LogP contribution in [0.1, 0.15) is 24.1 Å². The molecule has 5 heterocycles. The highest BCUT2D eigenvalue weighted by Gasteiger charge is 2.30. The maximum Gasteiger partial charge on any atom is 0.252 e. The van der Waals surface area contributed by atoms with Crippen LogP contribution in [-0.2, 0) is 4.79 Å². The fourth-order valence-electron chi connectivity index (χ4n) is 4.32. The molecule has 3 aliphatic heterocycles. The molecule has 0 spiro atoms. The maximum atomic E-state index is 12.9. The Bertz CT molecular complexity index is 1030. The van der Waals surface area contributed by atoms with Gasteiger partial charge in [0.2, 0.25) is 0 Å². The summed E-state index contributed by atoms with van der Waals surface area (Å²) < 4.78 is 2.04. The molecule has 1 amide bonds. The molecule has 28 heavy (non-hydrogen) atoms. The van der Waals surface area contributed by atoms with E-state index in [2.05, 4.69) is 47.5 Å². The van der Waals surface area contributed by atoms with E-state index in [1.807, 2.05) is 34.6 Å². The van der Waals surface area contributed by atoms with Crippen molar-refractivity contribution >= 4 is 25.4 Å². The van der Waals surface area contributed by atoms with E-state index < -0.39 is 0 Å². The summed E-state index contributed by atoms with van der Waals surface area (Å²) in [6, 6.07) is 4.11. The molecule has 1 fully saturated rings. The number of fused-ring (bicyclic) bond motifs is 2. The molecule has 144 valence electrons. The van der Waals surface area contributed by atoms with E-state index in [9.17, 15) is 4.79 Å². The fourth-order valence-corrected chi connectivity index (χ4v) is 5.70. The highest BCUT2D eigenvalue weighted by molar-refractivity contribution is 7.51. The van der Waals surface area contributed by atoms with Gasteiger partial charge in [-0.15, -0.1) is 0 Å². The summed E-state index contributed by atoms with van der Waals surface area (Å²) in [6.07, 6.45) is 14.9. The number of amides is 1. The molecular formula is C22H25N4OP. The SMILES string of the molecule is Cc1cn2cc(C3=CC(=O)N4C=C(C5CCN(C)CC5)C=CC4P3)ccc2n1. The Labute approximate surface area is 167 Å². The molecule has 2 atom stereocenters. The van der Waals surface area contributed by atoms with Crippen molar-refractivity contribution in [2.45, 2.75) is 25.5 Å². The van der Waals surface area contributed by atoms with E-state index in [-0.39, 0.29) is 11.7 Å². The number of imidazole rings is 1. The Balaban J connectivity index is 1.40. The van der Waals surface area contributed by atoms with Crippen LogP contribution in [0.25, 0.3) is 11.0 Å². The molecule has 6 heteroatoms. The zero-order valence-electron chi connectivity index (χ0n) is 16.3. The molecule has 2 aromatic rings. The van der Waals surface area contributed by atoms with Crippen LogP contribution in [0.2, 0.25) is 0 Å². The minimum Gasteiger partial charge on any atom is -0.306 e. The van der Waals surface area contributed by atoms with Crippen molar-refractivity contribution in [2.24, 2.45) is 5.92 Å². The number of carbonyl (C=O) groups is 1. The zero-order valence-corrected chi connectivity index (χ0v) is 17.3. The Morgan fingerprint density at radius 1 is 1.18 bits per heavy atom. The van der Waals surface area contributed by atoms with Gasteiger partial charge in [-0.2, -0.15) is 0 Å². The van der Waals surface area contributed by atoms with Gasteiger partial charge in [0.15, 0.2) is 0 Å². The number of rotatable bonds is 2. The molecule has 2 aromatic heterocycles. The third-order valence-corrected chi connectivity index (χ3v) is 7.47. The summed E-state index contributed by atoms with van der Waals surface area (Å²) in [6.45, 7) is 4.27. The van der Waals surface area contributed by atoms with Crippen LogP contribution in [-0.4, -0.2) is 51.0 Å². The van der Waals surface area contributed by atoms with Crippen LogP contribution >= 0.6 is 8.58 Å². The highest BCUT2D eigenvalue weighted by atomic mass is 31.1. The number of likely N-dealkylation sites (tertiary alicyclic amines) is 1. The quantitative estimate of drug-likeness (QED) is 0.733. The average molecular weight is 392 g/mol. The van der Waals surface area contributed by atoms with Crippen molar-refractivity contribution in [1.29, 1.82) is 0 Å². The Hall–Kier alpha value is -2.23. The van der Waals surface area contributed by atoms with Gasteiger partial charge in [0.05, 0.1) is 11.5 Å². The summed E-state index contributed by atoms with van der Waals surface area (Å²) in [4.78, 5) is 21.7. The number of aromatic nitrogens is 2. The number of allylic oxidation sites excluding steroid dienone is 2. The minimum atomic E-state index is 0.0930. The zero-order chi connectivity index (χ0) is 19.3. The second-order valence-corrected chi connectivity index (χ2v) is 9.44. The normalized spacial score (nSPS) is 24.6. The first-order valence-corrected chi connectivity index (χ1v) is 11.0. The smallest absolute Gasteiger partial charge is 0.252 e. The van der Waals surface area contributed by atoms with Crippen LogP contribution in [0.15, 0.2) is 54.5 Å². The first-order chi connectivity index (χ1) is 13.6. The molecular weight excluding hydrogens is 367 g/mol. The van der Waals surface area contributed by atoms with Gasteiger partial charge in [-0.05, 0) is 74.4 Å². The van der Waals surface area contributed by atoms with E-state index >= 15 is 0 Å². The summed E-state index contributed by atoms with van der Waals surface area (Å²) in [5.74, 6) is 0.806. The predicted molar refractivity (Wildman–Crippen MR) is 114 cm³/mol. The summed E-state index contributed by atoms with van der Waals surface area (Å²) in [5, 5.41) is 1.13. The highest BCUT2D eigenvalue weighted by Crippen LogP contribution is 2.45. The van der Waals surface area contributed by atoms with Crippen LogP contribution in [0.5, 0.6) is 0 Å². The Morgan fingerprint density at radius 2 is 2.00 bits per heavy atom. The van der Waals surface area contributed by atoms with E-state index in [0.29, 0.717) is 14.5 Å². The first-order valence-electron chi connectivity index (χ1n) is 9.91. The number of pyridine rings is 1. The summed E-state index contributed by atoms with van der Waals surface area (Å²) in [5.41, 5.74) is 4.36. The van der Waals surface area contributed by atoms with Gasteiger partial charge < -0.3 is 14.2 Å². The molecule has 2 unspecified atom stereocenters. The summed E-state index contributed by atoms with van der Waals surface area (Å²) >= 11 is 0. The largest absolute Gasteiger partial charge is 0.306 e. The van der Waals surface area contributed by atoms with E-state index in [4.69, 9.17) is 0 Å². The molecule has 0 aliphatic carbocycles. The van der Waals surface area contributed by atoms with Gasteiger partial charge in [0, 0.05) is 24.7 Å². The van der Waals surface area contributed by atoms with E-state index in [1.54, 1.807) is 0 Å². The lowest BCUT2D eigenvalue weighted by Crippen LogP contribution is -2.37. The molecule has 5 nitrogen and oxygen atoms in total. The average Bonchev–Trinajstić information content (AvgIpc) is 3.07. The Kier molecular flexibility index (Phi) is 4.45. The lowest BCUT2D eigenvalue weighted by Gasteiger charge is -2.37. The van der Waals surface area contributed by atoms with Gasteiger partial charge in [-0.25, -0.2) is 4.98 Å². The van der Waals surface area contributed by atoms with Crippen molar-refractivity contribution in [3.63, 3.8) is 0 Å². The van der Waals surface area contributed by atoms with Gasteiger partial charge in [-0.1, -0.05) is 20.7 Å². The number of aryl methyl sites for hydroxylation is 1. The van der Waals surface area contributed by atoms with Crippen LogP contribution in [0.3, 0.4) is 0 Å². The van der Waals surface area contributed by atoms with Crippen molar-refractivity contribution in [3.8, 4) is 0 Å². The number of nitrogens with zero attached hydrogens (tertiary/aromatic N) is 4. The molecule has 3 aliphatic rings. The molecule has 0 radical (unpaired) electrons. The lowest BCUT2D eigenvalue weighted by molar-refractivity contribution is -0.123.